The van der Waals surface area contributed by atoms with E-state index in [1.165, 1.54) is 0 Å². The zero-order chi connectivity index (χ0) is 15.2. The van der Waals surface area contributed by atoms with Gasteiger partial charge in [0.2, 0.25) is 5.91 Å². The van der Waals surface area contributed by atoms with Crippen LogP contribution in [0, 0.1) is 0 Å². The van der Waals surface area contributed by atoms with Crippen LogP contribution in [0.15, 0.2) is 36.8 Å². The van der Waals surface area contributed by atoms with Crippen LogP contribution in [0.2, 0.25) is 0 Å². The standard InChI is InChI=1S/C14H16N4O3/c15-11(5-6-13(19)20)14(21)18-10-3-1-9(2-4-10)12-7-16-8-17-12/h1-4,7-8,11H,5-6,15H2,(H,16,17)(H,18,21)(H,19,20). The lowest BCUT2D eigenvalue weighted by Gasteiger charge is -2.11. The highest BCUT2D eigenvalue weighted by atomic mass is 16.4. The molecule has 0 spiro atoms. The number of aliphatic carboxylic acids is 1. The topological polar surface area (TPSA) is 121 Å². The van der Waals surface area contributed by atoms with Gasteiger partial charge in [0.1, 0.15) is 0 Å². The molecule has 110 valence electrons. The second-order valence-electron chi connectivity index (χ2n) is 4.57. The van der Waals surface area contributed by atoms with Crippen molar-refractivity contribution in [1.29, 1.82) is 0 Å². The highest BCUT2D eigenvalue weighted by Gasteiger charge is 2.15. The van der Waals surface area contributed by atoms with Crippen molar-refractivity contribution in [3.63, 3.8) is 0 Å². The normalized spacial score (nSPS) is 11.9. The summed E-state index contributed by atoms with van der Waals surface area (Å²) in [4.78, 5) is 29.2. The van der Waals surface area contributed by atoms with Crippen LogP contribution < -0.4 is 11.1 Å². The minimum Gasteiger partial charge on any atom is -0.481 e. The number of nitrogens with two attached hydrogens (primary N) is 1. The summed E-state index contributed by atoms with van der Waals surface area (Å²) in [6, 6.07) is 6.33. The Bertz CT molecular complexity index is 608. The molecule has 7 heteroatoms. The van der Waals surface area contributed by atoms with E-state index in [0.717, 1.165) is 11.3 Å². The van der Waals surface area contributed by atoms with Crippen molar-refractivity contribution in [1.82, 2.24) is 9.97 Å². The third kappa shape index (κ3) is 4.15. The Morgan fingerprint density at radius 1 is 1.33 bits per heavy atom. The number of aromatic nitrogens is 2. The maximum absolute atomic E-state index is 11.8. The molecule has 1 amide bonds. The molecule has 2 rings (SSSR count). The van der Waals surface area contributed by atoms with Gasteiger partial charge in [-0.15, -0.1) is 0 Å². The molecule has 0 radical (unpaired) electrons. The number of carbonyl (C=O) groups is 2. The van der Waals surface area contributed by atoms with Crippen LogP contribution in [-0.2, 0) is 9.59 Å². The van der Waals surface area contributed by atoms with Crippen LogP contribution in [0.3, 0.4) is 0 Å². The van der Waals surface area contributed by atoms with Gasteiger partial charge in [0, 0.05) is 12.1 Å². The summed E-state index contributed by atoms with van der Waals surface area (Å²) in [6.07, 6.45) is 3.27. The van der Waals surface area contributed by atoms with Gasteiger partial charge in [-0.2, -0.15) is 0 Å². The van der Waals surface area contributed by atoms with E-state index in [1.54, 1.807) is 24.7 Å². The van der Waals surface area contributed by atoms with Crippen molar-refractivity contribution in [3.8, 4) is 11.3 Å². The number of carboxylic acids is 1. The fourth-order valence-electron chi connectivity index (χ4n) is 1.79. The Hall–Kier alpha value is -2.67. The zero-order valence-corrected chi connectivity index (χ0v) is 11.2. The van der Waals surface area contributed by atoms with E-state index < -0.39 is 17.9 Å². The fraction of sp³-hybridized carbons (Fsp3) is 0.214. The minimum absolute atomic E-state index is 0.105. The monoisotopic (exact) mass is 288 g/mol. The van der Waals surface area contributed by atoms with Crippen LogP contribution in [0.5, 0.6) is 0 Å². The highest BCUT2D eigenvalue weighted by molar-refractivity contribution is 5.95. The second kappa shape index (κ2) is 6.67. The lowest BCUT2D eigenvalue weighted by atomic mass is 10.1. The molecule has 21 heavy (non-hydrogen) atoms. The number of H-pyrrole nitrogens is 1. The number of hydrogen-bond donors (Lipinski definition) is 4. The molecule has 0 bridgehead atoms. The largest absolute Gasteiger partial charge is 0.481 e. The lowest BCUT2D eigenvalue weighted by Crippen LogP contribution is -2.36. The molecular weight excluding hydrogens is 272 g/mol. The summed E-state index contributed by atoms with van der Waals surface area (Å²) < 4.78 is 0. The van der Waals surface area contributed by atoms with E-state index >= 15 is 0 Å². The fourth-order valence-corrected chi connectivity index (χ4v) is 1.79. The SMILES string of the molecule is NC(CCC(=O)O)C(=O)Nc1ccc(-c2cnc[nH]2)cc1. The molecule has 1 atom stereocenters. The van der Waals surface area contributed by atoms with E-state index in [0.29, 0.717) is 5.69 Å². The molecule has 0 fully saturated rings. The number of rotatable bonds is 6. The molecule has 0 saturated carbocycles. The van der Waals surface area contributed by atoms with Gasteiger partial charge in [0.15, 0.2) is 0 Å². The number of imidazole rings is 1. The van der Waals surface area contributed by atoms with E-state index in [-0.39, 0.29) is 12.8 Å². The highest BCUT2D eigenvalue weighted by Crippen LogP contribution is 2.18. The Labute approximate surface area is 121 Å². The third-order valence-corrected chi connectivity index (χ3v) is 2.97. The Kier molecular flexibility index (Phi) is 4.68. The first-order chi connectivity index (χ1) is 10.1. The smallest absolute Gasteiger partial charge is 0.303 e. The summed E-state index contributed by atoms with van der Waals surface area (Å²) in [6.45, 7) is 0. The van der Waals surface area contributed by atoms with Crippen LogP contribution in [0.25, 0.3) is 11.3 Å². The van der Waals surface area contributed by atoms with Crippen molar-refractivity contribution < 1.29 is 14.7 Å². The van der Waals surface area contributed by atoms with Crippen LogP contribution in [0.1, 0.15) is 12.8 Å². The van der Waals surface area contributed by atoms with Crippen molar-refractivity contribution in [3.05, 3.63) is 36.8 Å². The second-order valence-corrected chi connectivity index (χ2v) is 4.57. The van der Waals surface area contributed by atoms with Gasteiger partial charge in [-0.1, -0.05) is 12.1 Å². The number of nitrogens with zero attached hydrogens (tertiary/aromatic N) is 1. The summed E-state index contributed by atoms with van der Waals surface area (Å²) >= 11 is 0. The van der Waals surface area contributed by atoms with E-state index in [9.17, 15) is 9.59 Å². The first-order valence-electron chi connectivity index (χ1n) is 6.43. The van der Waals surface area contributed by atoms with Gasteiger partial charge >= 0.3 is 5.97 Å². The molecule has 5 N–H and O–H groups in total. The molecule has 1 aromatic heterocycles. The van der Waals surface area contributed by atoms with E-state index in [2.05, 4.69) is 15.3 Å². The lowest BCUT2D eigenvalue weighted by molar-refractivity contribution is -0.137. The molecule has 0 aliphatic heterocycles. The van der Waals surface area contributed by atoms with Gasteiger partial charge in [0.25, 0.3) is 0 Å². The molecule has 1 unspecified atom stereocenters. The van der Waals surface area contributed by atoms with E-state index in [4.69, 9.17) is 10.8 Å². The zero-order valence-electron chi connectivity index (χ0n) is 11.2. The van der Waals surface area contributed by atoms with Crippen molar-refractivity contribution in [2.75, 3.05) is 5.32 Å². The van der Waals surface area contributed by atoms with Crippen LogP contribution in [-0.4, -0.2) is 33.0 Å². The molecular formula is C14H16N4O3. The number of anilines is 1. The van der Waals surface area contributed by atoms with Gasteiger partial charge < -0.3 is 21.1 Å². The first kappa shape index (κ1) is 14.7. The van der Waals surface area contributed by atoms with Gasteiger partial charge in [-0.25, -0.2) is 4.98 Å². The number of carbonyl (C=O) groups excluding carboxylic acids is 1. The van der Waals surface area contributed by atoms with E-state index in [1.807, 2.05) is 12.1 Å². The predicted molar refractivity (Wildman–Crippen MR) is 77.5 cm³/mol. The molecule has 1 heterocycles. The first-order valence-corrected chi connectivity index (χ1v) is 6.43. The van der Waals surface area contributed by atoms with Crippen molar-refractivity contribution in [2.24, 2.45) is 5.73 Å². The number of amides is 1. The Morgan fingerprint density at radius 3 is 2.62 bits per heavy atom. The van der Waals surface area contributed by atoms with Gasteiger partial charge in [0.05, 0.1) is 24.3 Å². The maximum Gasteiger partial charge on any atom is 0.303 e. The number of benzene rings is 1. The molecule has 0 saturated heterocycles. The number of nitrogens with one attached hydrogen (secondary N) is 2. The minimum atomic E-state index is -0.970. The Balaban J connectivity index is 1.94. The summed E-state index contributed by atoms with van der Waals surface area (Å²) in [5, 5.41) is 11.2. The maximum atomic E-state index is 11.8. The number of hydrogen-bond acceptors (Lipinski definition) is 4. The van der Waals surface area contributed by atoms with Crippen molar-refractivity contribution in [2.45, 2.75) is 18.9 Å². The quantitative estimate of drug-likeness (QED) is 0.636. The molecule has 7 nitrogen and oxygen atoms in total. The Morgan fingerprint density at radius 2 is 2.05 bits per heavy atom. The molecule has 2 aromatic rings. The van der Waals surface area contributed by atoms with Crippen molar-refractivity contribution >= 4 is 17.6 Å². The molecule has 1 aromatic carbocycles. The number of aromatic amines is 1. The summed E-state index contributed by atoms with van der Waals surface area (Å²) in [5.41, 5.74) is 8.06. The molecule has 0 aliphatic carbocycles. The van der Waals surface area contributed by atoms with Crippen LogP contribution >= 0.6 is 0 Å². The van der Waals surface area contributed by atoms with Gasteiger partial charge in [-0.3, -0.25) is 9.59 Å². The number of carboxylic acid groups (broad SMARTS) is 1. The van der Waals surface area contributed by atoms with Crippen LogP contribution in [0.4, 0.5) is 5.69 Å². The summed E-state index contributed by atoms with van der Waals surface area (Å²) in [5.74, 6) is -1.37. The third-order valence-electron chi connectivity index (χ3n) is 2.97. The van der Waals surface area contributed by atoms with Gasteiger partial charge in [-0.05, 0) is 24.1 Å². The molecule has 0 aliphatic rings. The average Bonchev–Trinajstić information content (AvgIpc) is 2.99. The average molecular weight is 288 g/mol. The predicted octanol–water partition coefficient (Wildman–Crippen LogP) is 1.21. The summed E-state index contributed by atoms with van der Waals surface area (Å²) in [7, 11) is 0.